The Kier molecular flexibility index (Phi) is 6.23. The van der Waals surface area contributed by atoms with E-state index in [2.05, 4.69) is 50.0 Å². The van der Waals surface area contributed by atoms with E-state index in [1.54, 1.807) is 13.3 Å². The van der Waals surface area contributed by atoms with Crippen molar-refractivity contribution in [2.24, 2.45) is 5.92 Å². The fourth-order valence-corrected chi connectivity index (χ4v) is 2.99. The van der Waals surface area contributed by atoms with E-state index in [1.165, 1.54) is 19.3 Å². The highest BCUT2D eigenvalue weighted by Crippen LogP contribution is 2.27. The first kappa shape index (κ1) is 16.5. The van der Waals surface area contributed by atoms with Gasteiger partial charge in [-0.15, -0.1) is 0 Å². The van der Waals surface area contributed by atoms with Crippen LogP contribution in [-0.2, 0) is 0 Å². The third-order valence-corrected chi connectivity index (χ3v) is 4.25. The summed E-state index contributed by atoms with van der Waals surface area (Å²) in [5, 5.41) is 3.56. The number of ether oxygens (including phenoxy) is 1. The lowest BCUT2D eigenvalue weighted by atomic mass is 10.0. The van der Waals surface area contributed by atoms with E-state index in [0.29, 0.717) is 17.8 Å². The fraction of sp³-hybridized carbons (Fsp3) is 0.733. The van der Waals surface area contributed by atoms with Gasteiger partial charge in [-0.05, 0) is 47.7 Å². The summed E-state index contributed by atoms with van der Waals surface area (Å²) >= 11 is 3.41. The summed E-state index contributed by atoms with van der Waals surface area (Å²) in [6, 6.07) is 0.461. The average Bonchev–Trinajstić information content (AvgIpc) is 2.48. The number of halogens is 1. The van der Waals surface area contributed by atoms with E-state index in [-0.39, 0.29) is 0 Å². The molecule has 5 nitrogen and oxygen atoms in total. The van der Waals surface area contributed by atoms with E-state index in [1.807, 2.05) is 0 Å². The van der Waals surface area contributed by atoms with Gasteiger partial charge in [-0.3, -0.25) is 0 Å². The van der Waals surface area contributed by atoms with Crippen LogP contribution in [0.15, 0.2) is 10.7 Å². The van der Waals surface area contributed by atoms with Crippen molar-refractivity contribution in [3.05, 3.63) is 10.7 Å². The molecule has 0 aliphatic carbocycles. The summed E-state index contributed by atoms with van der Waals surface area (Å²) in [7, 11) is 1.63. The molecule has 0 spiro atoms. The van der Waals surface area contributed by atoms with Crippen molar-refractivity contribution in [1.29, 1.82) is 0 Å². The van der Waals surface area contributed by atoms with Crippen LogP contribution in [0.2, 0.25) is 0 Å². The Balaban J connectivity index is 2.07. The van der Waals surface area contributed by atoms with Crippen LogP contribution in [0.4, 0.5) is 5.95 Å². The molecule has 1 aromatic heterocycles. The second kappa shape index (κ2) is 7.94. The van der Waals surface area contributed by atoms with Crippen LogP contribution in [-0.4, -0.2) is 42.8 Å². The van der Waals surface area contributed by atoms with Gasteiger partial charge >= 0.3 is 0 Å². The van der Waals surface area contributed by atoms with Gasteiger partial charge in [0.25, 0.3) is 0 Å². The monoisotopic (exact) mass is 356 g/mol. The SMILES string of the molecule is COc1nc(N2CCCCC2CNCC(C)C)ncc1Br. The van der Waals surface area contributed by atoms with Crippen LogP contribution < -0.4 is 15.0 Å². The molecule has 21 heavy (non-hydrogen) atoms. The highest BCUT2D eigenvalue weighted by molar-refractivity contribution is 9.10. The molecule has 0 radical (unpaired) electrons. The van der Waals surface area contributed by atoms with Crippen LogP contribution in [0, 0.1) is 5.92 Å². The minimum atomic E-state index is 0.461. The van der Waals surface area contributed by atoms with Crippen molar-refractivity contribution in [1.82, 2.24) is 15.3 Å². The van der Waals surface area contributed by atoms with E-state index < -0.39 is 0 Å². The highest BCUT2D eigenvalue weighted by atomic mass is 79.9. The molecular formula is C15H25BrN4O. The summed E-state index contributed by atoms with van der Waals surface area (Å²) in [6.45, 7) is 7.51. The van der Waals surface area contributed by atoms with Crippen LogP contribution in [0.1, 0.15) is 33.1 Å². The second-order valence-electron chi connectivity index (χ2n) is 5.92. The van der Waals surface area contributed by atoms with Crippen molar-refractivity contribution in [3.63, 3.8) is 0 Å². The van der Waals surface area contributed by atoms with E-state index in [0.717, 1.165) is 30.1 Å². The zero-order valence-corrected chi connectivity index (χ0v) is 14.7. The quantitative estimate of drug-likeness (QED) is 0.849. The number of hydrogen-bond donors (Lipinski definition) is 1. The van der Waals surface area contributed by atoms with Crippen molar-refractivity contribution < 1.29 is 4.74 Å². The number of nitrogens with zero attached hydrogens (tertiary/aromatic N) is 3. The Morgan fingerprint density at radius 1 is 1.48 bits per heavy atom. The van der Waals surface area contributed by atoms with Crippen LogP contribution in [0.25, 0.3) is 0 Å². The summed E-state index contributed by atoms with van der Waals surface area (Å²) in [5.74, 6) is 2.04. The molecule has 1 saturated heterocycles. The maximum atomic E-state index is 5.28. The van der Waals surface area contributed by atoms with Gasteiger partial charge in [-0.2, -0.15) is 4.98 Å². The molecule has 2 rings (SSSR count). The number of hydrogen-bond acceptors (Lipinski definition) is 5. The van der Waals surface area contributed by atoms with Gasteiger partial charge in [0.2, 0.25) is 11.8 Å². The average molecular weight is 357 g/mol. The number of piperidine rings is 1. The van der Waals surface area contributed by atoms with Crippen molar-refractivity contribution in [3.8, 4) is 5.88 Å². The lowest BCUT2D eigenvalue weighted by molar-refractivity contribution is 0.387. The maximum Gasteiger partial charge on any atom is 0.232 e. The molecule has 6 heteroatoms. The molecule has 0 aromatic carbocycles. The topological polar surface area (TPSA) is 50.3 Å². The predicted molar refractivity (Wildman–Crippen MR) is 89.0 cm³/mol. The molecule has 1 N–H and O–H groups in total. The Hall–Kier alpha value is -0.880. The first-order valence-corrected chi connectivity index (χ1v) is 8.45. The van der Waals surface area contributed by atoms with E-state index in [9.17, 15) is 0 Å². The number of nitrogens with one attached hydrogen (secondary N) is 1. The first-order valence-electron chi connectivity index (χ1n) is 7.65. The van der Waals surface area contributed by atoms with Gasteiger partial charge in [0.05, 0.1) is 17.8 Å². The number of aromatic nitrogens is 2. The summed E-state index contributed by atoms with van der Waals surface area (Å²) in [5.41, 5.74) is 0. The highest BCUT2D eigenvalue weighted by Gasteiger charge is 2.25. The Labute approximate surface area is 135 Å². The Morgan fingerprint density at radius 2 is 2.29 bits per heavy atom. The maximum absolute atomic E-state index is 5.28. The molecule has 0 amide bonds. The number of anilines is 1. The summed E-state index contributed by atoms with van der Waals surface area (Å²) < 4.78 is 6.08. The van der Waals surface area contributed by atoms with Crippen LogP contribution in [0.3, 0.4) is 0 Å². The molecule has 1 aromatic rings. The predicted octanol–water partition coefficient (Wildman–Crippen LogP) is 2.85. The van der Waals surface area contributed by atoms with E-state index >= 15 is 0 Å². The minimum Gasteiger partial charge on any atom is -0.480 e. The molecule has 1 unspecified atom stereocenters. The van der Waals surface area contributed by atoms with Gasteiger partial charge in [-0.25, -0.2) is 4.98 Å². The second-order valence-corrected chi connectivity index (χ2v) is 6.78. The van der Waals surface area contributed by atoms with Gasteiger partial charge in [0.1, 0.15) is 0 Å². The van der Waals surface area contributed by atoms with Gasteiger partial charge in [-0.1, -0.05) is 13.8 Å². The molecule has 1 atom stereocenters. The largest absolute Gasteiger partial charge is 0.480 e. The first-order chi connectivity index (χ1) is 10.1. The fourth-order valence-electron chi connectivity index (χ4n) is 2.64. The summed E-state index contributed by atoms with van der Waals surface area (Å²) in [6.07, 6.45) is 5.43. The molecule has 118 valence electrons. The zero-order chi connectivity index (χ0) is 15.2. The molecule has 0 bridgehead atoms. The molecule has 2 heterocycles. The normalized spacial score (nSPS) is 19.1. The van der Waals surface area contributed by atoms with E-state index in [4.69, 9.17) is 4.74 Å². The number of rotatable bonds is 6. The zero-order valence-electron chi connectivity index (χ0n) is 13.1. The molecule has 1 aliphatic rings. The third-order valence-electron chi connectivity index (χ3n) is 3.71. The molecule has 0 saturated carbocycles. The molecule has 1 fully saturated rings. The standard InChI is InChI=1S/C15H25BrN4O/c1-11(2)8-17-9-12-6-4-5-7-20(12)15-18-10-13(16)14(19-15)21-3/h10-12,17H,4-9H2,1-3H3. The van der Waals surface area contributed by atoms with Gasteiger partial charge in [0, 0.05) is 19.1 Å². The Bertz CT molecular complexity index is 455. The molecule has 1 aliphatic heterocycles. The lowest BCUT2D eigenvalue weighted by Gasteiger charge is -2.36. The van der Waals surface area contributed by atoms with Gasteiger partial charge in [0.15, 0.2) is 0 Å². The number of methoxy groups -OCH3 is 1. The van der Waals surface area contributed by atoms with Crippen molar-refractivity contribution in [2.75, 3.05) is 31.6 Å². The smallest absolute Gasteiger partial charge is 0.232 e. The van der Waals surface area contributed by atoms with Crippen molar-refractivity contribution in [2.45, 2.75) is 39.2 Å². The molecular weight excluding hydrogens is 332 g/mol. The Morgan fingerprint density at radius 3 is 3.00 bits per heavy atom. The lowest BCUT2D eigenvalue weighted by Crippen LogP contribution is -2.47. The van der Waals surface area contributed by atoms with Gasteiger partial charge < -0.3 is 15.0 Å². The minimum absolute atomic E-state index is 0.461. The summed E-state index contributed by atoms with van der Waals surface area (Å²) in [4.78, 5) is 11.3. The van der Waals surface area contributed by atoms with Crippen LogP contribution >= 0.6 is 15.9 Å². The third kappa shape index (κ3) is 4.54. The van der Waals surface area contributed by atoms with Crippen LogP contribution in [0.5, 0.6) is 5.88 Å². The van der Waals surface area contributed by atoms with Crippen molar-refractivity contribution >= 4 is 21.9 Å².